The molecule has 1 saturated carbocycles. The first-order valence-electron chi connectivity index (χ1n) is 5.50. The molecule has 1 aromatic carbocycles. The predicted octanol–water partition coefficient (Wildman–Crippen LogP) is 2.64. The first-order valence-corrected chi connectivity index (χ1v) is 5.95. The monoisotopic (exact) mass is 231 g/mol. The van der Waals surface area contributed by atoms with E-state index in [1.807, 2.05) is 35.3 Å². The average Bonchev–Trinajstić information content (AvgIpc) is 2.94. The quantitative estimate of drug-likeness (QED) is 0.823. The SMILES string of the molecule is Sc1cccc(-c2ncn(CC3CC3)n2)c1. The fourth-order valence-electron chi connectivity index (χ4n) is 1.72. The zero-order valence-electron chi connectivity index (χ0n) is 8.87. The molecule has 0 saturated heterocycles. The lowest BCUT2D eigenvalue weighted by atomic mass is 10.2. The van der Waals surface area contributed by atoms with Crippen molar-refractivity contribution in [2.45, 2.75) is 24.3 Å². The van der Waals surface area contributed by atoms with Crippen molar-refractivity contribution >= 4 is 12.6 Å². The summed E-state index contributed by atoms with van der Waals surface area (Å²) in [6.45, 7) is 1.01. The van der Waals surface area contributed by atoms with Crippen LogP contribution in [0.25, 0.3) is 11.4 Å². The van der Waals surface area contributed by atoms with Gasteiger partial charge in [0.15, 0.2) is 5.82 Å². The molecular weight excluding hydrogens is 218 g/mol. The van der Waals surface area contributed by atoms with Crippen LogP contribution in [-0.4, -0.2) is 14.8 Å². The third-order valence-corrected chi connectivity index (χ3v) is 3.06. The predicted molar refractivity (Wildman–Crippen MR) is 65.4 cm³/mol. The molecule has 0 radical (unpaired) electrons. The van der Waals surface area contributed by atoms with Gasteiger partial charge in [0.05, 0.1) is 0 Å². The van der Waals surface area contributed by atoms with Crippen LogP contribution < -0.4 is 0 Å². The Hall–Kier alpha value is -1.29. The van der Waals surface area contributed by atoms with E-state index >= 15 is 0 Å². The Kier molecular flexibility index (Phi) is 2.44. The van der Waals surface area contributed by atoms with Crippen molar-refractivity contribution in [3.05, 3.63) is 30.6 Å². The van der Waals surface area contributed by atoms with Gasteiger partial charge in [-0.25, -0.2) is 4.98 Å². The van der Waals surface area contributed by atoms with Gasteiger partial charge in [0.25, 0.3) is 0 Å². The van der Waals surface area contributed by atoms with Crippen molar-refractivity contribution in [3.8, 4) is 11.4 Å². The lowest BCUT2D eigenvalue weighted by molar-refractivity contribution is 0.563. The normalized spacial score (nSPS) is 15.3. The van der Waals surface area contributed by atoms with Crippen LogP contribution in [0.5, 0.6) is 0 Å². The molecule has 16 heavy (non-hydrogen) atoms. The maximum atomic E-state index is 4.47. The summed E-state index contributed by atoms with van der Waals surface area (Å²) < 4.78 is 1.94. The van der Waals surface area contributed by atoms with Crippen molar-refractivity contribution in [1.29, 1.82) is 0 Å². The highest BCUT2D eigenvalue weighted by molar-refractivity contribution is 7.80. The van der Waals surface area contributed by atoms with Gasteiger partial charge in [0.2, 0.25) is 0 Å². The second-order valence-electron chi connectivity index (χ2n) is 4.28. The van der Waals surface area contributed by atoms with Gasteiger partial charge in [-0.1, -0.05) is 12.1 Å². The van der Waals surface area contributed by atoms with Gasteiger partial charge in [0, 0.05) is 17.0 Å². The molecule has 2 aromatic rings. The molecule has 0 amide bonds. The van der Waals surface area contributed by atoms with Gasteiger partial charge in [-0.15, -0.1) is 12.6 Å². The van der Waals surface area contributed by atoms with Gasteiger partial charge in [0.1, 0.15) is 6.33 Å². The summed E-state index contributed by atoms with van der Waals surface area (Å²) in [5, 5.41) is 4.47. The minimum absolute atomic E-state index is 0.788. The van der Waals surface area contributed by atoms with Crippen LogP contribution in [0.15, 0.2) is 35.5 Å². The van der Waals surface area contributed by atoms with Crippen molar-refractivity contribution in [1.82, 2.24) is 14.8 Å². The van der Waals surface area contributed by atoms with E-state index < -0.39 is 0 Å². The van der Waals surface area contributed by atoms with Crippen LogP contribution in [0.3, 0.4) is 0 Å². The molecule has 1 heterocycles. The Morgan fingerprint density at radius 3 is 3.00 bits per heavy atom. The standard InChI is InChI=1S/C12H13N3S/c16-11-3-1-2-10(6-11)12-13-8-15(14-12)7-9-4-5-9/h1-3,6,8-9,16H,4-5,7H2. The Bertz CT molecular complexity index is 502. The van der Waals surface area contributed by atoms with E-state index in [0.717, 1.165) is 28.7 Å². The van der Waals surface area contributed by atoms with Crippen LogP contribution >= 0.6 is 12.6 Å². The summed E-state index contributed by atoms with van der Waals surface area (Å²) in [6.07, 6.45) is 4.49. The summed E-state index contributed by atoms with van der Waals surface area (Å²) in [6, 6.07) is 7.92. The van der Waals surface area contributed by atoms with E-state index in [1.54, 1.807) is 0 Å². The molecule has 1 aliphatic rings. The molecule has 0 spiro atoms. The zero-order valence-corrected chi connectivity index (χ0v) is 9.77. The number of hydrogen-bond donors (Lipinski definition) is 1. The first-order chi connectivity index (χ1) is 7.81. The van der Waals surface area contributed by atoms with Gasteiger partial charge >= 0.3 is 0 Å². The molecule has 0 bridgehead atoms. The minimum atomic E-state index is 0.788. The zero-order chi connectivity index (χ0) is 11.0. The molecule has 82 valence electrons. The van der Waals surface area contributed by atoms with E-state index in [-0.39, 0.29) is 0 Å². The van der Waals surface area contributed by atoms with Gasteiger partial charge in [-0.3, -0.25) is 4.68 Å². The Balaban J connectivity index is 1.85. The first kappa shape index (κ1) is 9.90. The average molecular weight is 231 g/mol. The van der Waals surface area contributed by atoms with Crippen molar-refractivity contribution in [2.24, 2.45) is 5.92 Å². The number of nitrogens with zero attached hydrogens (tertiary/aromatic N) is 3. The van der Waals surface area contributed by atoms with E-state index in [1.165, 1.54) is 12.8 Å². The van der Waals surface area contributed by atoms with Crippen LogP contribution in [0.2, 0.25) is 0 Å². The maximum absolute atomic E-state index is 4.47. The van der Waals surface area contributed by atoms with E-state index in [0.29, 0.717) is 0 Å². The van der Waals surface area contributed by atoms with E-state index in [2.05, 4.69) is 22.7 Å². The second kappa shape index (κ2) is 3.94. The lowest BCUT2D eigenvalue weighted by Gasteiger charge is -1.97. The highest BCUT2D eigenvalue weighted by Gasteiger charge is 2.22. The second-order valence-corrected chi connectivity index (χ2v) is 4.80. The Morgan fingerprint density at radius 1 is 1.38 bits per heavy atom. The molecule has 1 fully saturated rings. The van der Waals surface area contributed by atoms with Crippen molar-refractivity contribution in [3.63, 3.8) is 0 Å². The van der Waals surface area contributed by atoms with Crippen LogP contribution in [-0.2, 0) is 6.54 Å². The van der Waals surface area contributed by atoms with Gasteiger partial charge in [-0.05, 0) is 30.9 Å². The molecule has 4 heteroatoms. The highest BCUT2D eigenvalue weighted by Crippen LogP contribution is 2.30. The fourth-order valence-corrected chi connectivity index (χ4v) is 1.95. The number of thiol groups is 1. The molecule has 0 N–H and O–H groups in total. The molecule has 1 aliphatic carbocycles. The smallest absolute Gasteiger partial charge is 0.181 e. The minimum Gasteiger partial charge on any atom is -0.252 e. The Labute approximate surface area is 99.9 Å². The Morgan fingerprint density at radius 2 is 2.25 bits per heavy atom. The van der Waals surface area contributed by atoms with Gasteiger partial charge < -0.3 is 0 Å². The summed E-state index contributed by atoms with van der Waals surface area (Å²) in [4.78, 5) is 5.27. The number of rotatable bonds is 3. The summed E-state index contributed by atoms with van der Waals surface area (Å²) in [5.41, 5.74) is 1.03. The summed E-state index contributed by atoms with van der Waals surface area (Å²) >= 11 is 4.31. The number of benzene rings is 1. The topological polar surface area (TPSA) is 30.7 Å². The third kappa shape index (κ3) is 2.11. The van der Waals surface area contributed by atoms with E-state index in [9.17, 15) is 0 Å². The van der Waals surface area contributed by atoms with E-state index in [4.69, 9.17) is 0 Å². The van der Waals surface area contributed by atoms with Crippen LogP contribution in [0.4, 0.5) is 0 Å². The molecule has 3 nitrogen and oxygen atoms in total. The molecule has 0 aliphatic heterocycles. The molecule has 0 unspecified atom stereocenters. The van der Waals surface area contributed by atoms with Crippen LogP contribution in [0, 0.1) is 5.92 Å². The summed E-state index contributed by atoms with van der Waals surface area (Å²) in [5.74, 6) is 1.61. The third-order valence-electron chi connectivity index (χ3n) is 2.78. The molecular formula is C12H13N3S. The molecule has 0 atom stereocenters. The molecule has 1 aromatic heterocycles. The fraction of sp³-hybridized carbons (Fsp3) is 0.333. The van der Waals surface area contributed by atoms with Crippen molar-refractivity contribution < 1.29 is 0 Å². The van der Waals surface area contributed by atoms with Gasteiger partial charge in [-0.2, -0.15) is 5.10 Å². The molecule has 3 rings (SSSR count). The summed E-state index contributed by atoms with van der Waals surface area (Å²) in [7, 11) is 0. The van der Waals surface area contributed by atoms with Crippen LogP contribution in [0.1, 0.15) is 12.8 Å². The highest BCUT2D eigenvalue weighted by atomic mass is 32.1. The van der Waals surface area contributed by atoms with Crippen molar-refractivity contribution in [2.75, 3.05) is 0 Å². The maximum Gasteiger partial charge on any atom is 0.181 e. The number of hydrogen-bond acceptors (Lipinski definition) is 3. The largest absolute Gasteiger partial charge is 0.252 e. The lowest BCUT2D eigenvalue weighted by Crippen LogP contribution is -1.99. The number of aromatic nitrogens is 3.